The van der Waals surface area contributed by atoms with Gasteiger partial charge in [0.2, 0.25) is 0 Å². The maximum absolute atomic E-state index is 8.85. The summed E-state index contributed by atoms with van der Waals surface area (Å²) in [5.74, 6) is 0.492. The molecule has 0 spiro atoms. The molecule has 0 unspecified atom stereocenters. The summed E-state index contributed by atoms with van der Waals surface area (Å²) in [5.41, 5.74) is 8.51. The Hall–Kier alpha value is -2.61. The molecule has 0 bridgehead atoms. The molecule has 0 aliphatic carbocycles. The van der Waals surface area contributed by atoms with Crippen molar-refractivity contribution in [1.82, 2.24) is 9.97 Å². The van der Waals surface area contributed by atoms with Crippen LogP contribution in [-0.4, -0.2) is 9.97 Å². The van der Waals surface area contributed by atoms with Gasteiger partial charge in [-0.15, -0.1) is 0 Å². The maximum atomic E-state index is 8.85. The van der Waals surface area contributed by atoms with E-state index < -0.39 is 0 Å². The molecule has 0 amide bonds. The summed E-state index contributed by atoms with van der Waals surface area (Å²) in [7, 11) is 0. The first-order chi connectivity index (χ1) is 9.12. The summed E-state index contributed by atoms with van der Waals surface area (Å²) < 4.78 is 5.53. The van der Waals surface area contributed by atoms with Crippen molar-refractivity contribution in [3.8, 4) is 17.8 Å². The van der Waals surface area contributed by atoms with E-state index >= 15 is 0 Å². The van der Waals surface area contributed by atoms with E-state index in [2.05, 4.69) is 16.9 Å². The number of nitrogens with two attached hydrogens (primary N) is 1. The Morgan fingerprint density at radius 2 is 2.11 bits per heavy atom. The van der Waals surface area contributed by atoms with E-state index in [1.807, 2.05) is 18.2 Å². The minimum absolute atomic E-state index is 0.132. The fourth-order valence-corrected chi connectivity index (χ4v) is 1.65. The van der Waals surface area contributed by atoms with Gasteiger partial charge in [-0.25, -0.2) is 4.98 Å². The van der Waals surface area contributed by atoms with Crippen LogP contribution in [0.1, 0.15) is 23.9 Å². The first-order valence-electron chi connectivity index (χ1n) is 5.94. The molecule has 0 radical (unpaired) electrons. The van der Waals surface area contributed by atoms with Crippen molar-refractivity contribution in [2.45, 2.75) is 20.3 Å². The molecule has 0 aliphatic rings. The second-order valence-corrected chi connectivity index (χ2v) is 4.12. The average Bonchev–Trinajstić information content (AvgIpc) is 2.40. The van der Waals surface area contributed by atoms with Crippen molar-refractivity contribution in [3.63, 3.8) is 0 Å². The largest absolute Gasteiger partial charge is 0.422 e. The van der Waals surface area contributed by atoms with Crippen LogP contribution >= 0.6 is 0 Å². The number of nitrogens with zero attached hydrogens (tertiary/aromatic N) is 3. The Bertz CT molecular complexity index is 646. The molecule has 2 N–H and O–H groups in total. The van der Waals surface area contributed by atoms with E-state index in [1.54, 1.807) is 19.1 Å². The lowest BCUT2D eigenvalue weighted by atomic mass is 10.1. The zero-order chi connectivity index (χ0) is 13.8. The third-order valence-electron chi connectivity index (χ3n) is 2.63. The number of aromatic nitrogens is 2. The lowest BCUT2D eigenvalue weighted by Crippen LogP contribution is -1.99. The highest BCUT2D eigenvalue weighted by atomic mass is 16.5. The van der Waals surface area contributed by atoms with Gasteiger partial charge in [0.05, 0.1) is 5.69 Å². The smallest absolute Gasteiger partial charge is 0.323 e. The Morgan fingerprint density at radius 3 is 2.74 bits per heavy atom. The number of hydrogen-bond donors (Lipinski definition) is 1. The molecule has 1 aromatic heterocycles. The van der Waals surface area contributed by atoms with Crippen LogP contribution in [0.25, 0.3) is 0 Å². The van der Waals surface area contributed by atoms with Gasteiger partial charge in [-0.3, -0.25) is 0 Å². The number of nitriles is 1. The Labute approximate surface area is 111 Å². The van der Waals surface area contributed by atoms with Crippen molar-refractivity contribution in [1.29, 1.82) is 5.26 Å². The predicted molar refractivity (Wildman–Crippen MR) is 71.8 cm³/mol. The van der Waals surface area contributed by atoms with E-state index in [-0.39, 0.29) is 11.7 Å². The second-order valence-electron chi connectivity index (χ2n) is 4.12. The van der Waals surface area contributed by atoms with Crippen LogP contribution in [0.4, 0.5) is 5.69 Å². The van der Waals surface area contributed by atoms with Gasteiger partial charge < -0.3 is 10.5 Å². The van der Waals surface area contributed by atoms with Crippen molar-refractivity contribution < 1.29 is 4.74 Å². The zero-order valence-electron chi connectivity index (χ0n) is 10.8. The van der Waals surface area contributed by atoms with Crippen molar-refractivity contribution in [2.75, 3.05) is 5.73 Å². The van der Waals surface area contributed by atoms with Gasteiger partial charge in [-0.05, 0) is 37.1 Å². The summed E-state index contributed by atoms with van der Waals surface area (Å²) in [6, 6.07) is 9.27. The number of ether oxygens (including phenoxy) is 1. The zero-order valence-corrected chi connectivity index (χ0v) is 10.8. The normalized spacial score (nSPS) is 9.95. The van der Waals surface area contributed by atoms with Gasteiger partial charge in [-0.2, -0.15) is 10.2 Å². The van der Waals surface area contributed by atoms with Crippen LogP contribution in [-0.2, 0) is 6.42 Å². The van der Waals surface area contributed by atoms with E-state index in [0.717, 1.165) is 12.0 Å². The molecule has 0 saturated heterocycles. The van der Waals surface area contributed by atoms with Crippen molar-refractivity contribution >= 4 is 5.69 Å². The molecule has 0 saturated carbocycles. The van der Waals surface area contributed by atoms with Crippen LogP contribution in [0.2, 0.25) is 0 Å². The fraction of sp³-hybridized carbons (Fsp3) is 0.214. The molecule has 0 aliphatic heterocycles. The standard InChI is InChI=1S/C14H14N4O/c1-3-10-4-5-13(12(16)7-10)19-14-17-9(2)6-11(8-15)18-14/h4-7H,3,16H2,1-2H3. The second kappa shape index (κ2) is 5.36. The van der Waals surface area contributed by atoms with E-state index in [4.69, 9.17) is 15.7 Å². The molecule has 0 fully saturated rings. The molecule has 2 rings (SSSR count). The van der Waals surface area contributed by atoms with Gasteiger partial charge >= 0.3 is 6.01 Å². The van der Waals surface area contributed by atoms with Gasteiger partial charge in [0.25, 0.3) is 0 Å². The number of hydrogen-bond acceptors (Lipinski definition) is 5. The molecule has 1 heterocycles. The summed E-state index contributed by atoms with van der Waals surface area (Å²) in [4.78, 5) is 8.10. The monoisotopic (exact) mass is 254 g/mol. The summed E-state index contributed by atoms with van der Waals surface area (Å²) in [6.45, 7) is 3.83. The van der Waals surface area contributed by atoms with Crippen molar-refractivity contribution in [2.24, 2.45) is 0 Å². The number of anilines is 1. The lowest BCUT2D eigenvalue weighted by molar-refractivity contribution is 0.441. The molecule has 1 aromatic carbocycles. The van der Waals surface area contributed by atoms with Crippen LogP contribution in [0.3, 0.4) is 0 Å². The van der Waals surface area contributed by atoms with Gasteiger partial charge in [0.1, 0.15) is 11.8 Å². The number of nitrogen functional groups attached to an aromatic ring is 1. The lowest BCUT2D eigenvalue weighted by Gasteiger charge is -2.08. The molecule has 96 valence electrons. The van der Waals surface area contributed by atoms with Crippen LogP contribution in [0, 0.1) is 18.3 Å². The molecule has 5 heteroatoms. The van der Waals surface area contributed by atoms with Gasteiger partial charge in [0.15, 0.2) is 5.75 Å². The highest BCUT2D eigenvalue weighted by Crippen LogP contribution is 2.26. The van der Waals surface area contributed by atoms with Gasteiger partial charge in [0, 0.05) is 5.69 Å². The number of rotatable bonds is 3. The first-order valence-corrected chi connectivity index (χ1v) is 5.94. The number of benzene rings is 1. The molecule has 19 heavy (non-hydrogen) atoms. The minimum atomic E-state index is 0.132. The molecular formula is C14H14N4O. The van der Waals surface area contributed by atoms with Crippen LogP contribution in [0.5, 0.6) is 11.8 Å². The molecule has 5 nitrogen and oxygen atoms in total. The Kier molecular flexibility index (Phi) is 3.62. The maximum Gasteiger partial charge on any atom is 0.323 e. The Balaban J connectivity index is 2.31. The fourth-order valence-electron chi connectivity index (χ4n) is 1.65. The van der Waals surface area contributed by atoms with E-state index in [1.165, 1.54) is 0 Å². The summed E-state index contributed by atoms with van der Waals surface area (Å²) in [5, 5.41) is 8.85. The molecule has 2 aromatic rings. The quantitative estimate of drug-likeness (QED) is 0.851. The van der Waals surface area contributed by atoms with E-state index in [0.29, 0.717) is 17.1 Å². The van der Waals surface area contributed by atoms with Crippen molar-refractivity contribution in [3.05, 3.63) is 41.2 Å². The SMILES string of the molecule is CCc1ccc(Oc2nc(C)cc(C#N)n2)c(N)c1. The topological polar surface area (TPSA) is 84.8 Å². The van der Waals surface area contributed by atoms with E-state index in [9.17, 15) is 0 Å². The summed E-state index contributed by atoms with van der Waals surface area (Å²) >= 11 is 0. The van der Waals surface area contributed by atoms with Crippen LogP contribution < -0.4 is 10.5 Å². The number of aryl methyl sites for hydroxylation is 2. The van der Waals surface area contributed by atoms with Crippen LogP contribution in [0.15, 0.2) is 24.3 Å². The van der Waals surface area contributed by atoms with Gasteiger partial charge in [-0.1, -0.05) is 13.0 Å². The highest BCUT2D eigenvalue weighted by molar-refractivity contribution is 5.55. The predicted octanol–water partition coefficient (Wildman–Crippen LogP) is 2.59. The molecular weight excluding hydrogens is 240 g/mol. The average molecular weight is 254 g/mol. The first kappa shape index (κ1) is 12.8. The third kappa shape index (κ3) is 2.99. The minimum Gasteiger partial charge on any atom is -0.422 e. The highest BCUT2D eigenvalue weighted by Gasteiger charge is 2.07. The third-order valence-corrected chi connectivity index (χ3v) is 2.63. The molecule has 0 atom stereocenters. The summed E-state index contributed by atoms with van der Waals surface area (Å²) in [6.07, 6.45) is 0.907. The Morgan fingerprint density at radius 1 is 1.32 bits per heavy atom.